The first kappa shape index (κ1) is 33.8. The van der Waals surface area contributed by atoms with Crippen molar-refractivity contribution in [1.82, 2.24) is 10.2 Å². The monoisotopic (exact) mass is 700 g/mol. The molecule has 10 aliphatic rings. The lowest BCUT2D eigenvalue weighted by atomic mass is 9.32. The topological polar surface area (TPSA) is 89.9 Å². The summed E-state index contributed by atoms with van der Waals surface area (Å²) in [5.74, 6) is 2.90. The van der Waals surface area contributed by atoms with Gasteiger partial charge in [0.25, 0.3) is 0 Å². The molecule has 10 aliphatic carbocycles. The molecule has 7 fully saturated rings. The number of aliphatic hydroxyl groups excluding tert-OH is 1. The van der Waals surface area contributed by atoms with Gasteiger partial charge >= 0.3 is 6.03 Å². The molecule has 1 aromatic rings. The van der Waals surface area contributed by atoms with Crippen molar-refractivity contribution < 1.29 is 19.8 Å². The molecule has 0 radical (unpaired) electrons. The molecule has 50 heavy (non-hydrogen) atoms. The minimum absolute atomic E-state index is 0.0276. The number of urea groups is 1. The van der Waals surface area contributed by atoms with Gasteiger partial charge in [0.1, 0.15) is 0 Å². The highest BCUT2D eigenvalue weighted by Crippen LogP contribution is 2.78. The minimum atomic E-state index is -1.05. The fraction of sp³-hybridized carbons (Fsp3) is 0.767. The summed E-state index contributed by atoms with van der Waals surface area (Å²) in [6.07, 6.45) is 20.3. The van der Waals surface area contributed by atoms with Crippen LogP contribution in [0.25, 0.3) is 0 Å². The fourth-order valence-electron chi connectivity index (χ4n) is 15.0. The van der Waals surface area contributed by atoms with Gasteiger partial charge in [0.05, 0.1) is 23.1 Å². The number of rotatable bonds is 7. The van der Waals surface area contributed by atoms with Crippen LogP contribution >= 0.6 is 11.3 Å². The summed E-state index contributed by atoms with van der Waals surface area (Å²) in [5.41, 5.74) is -1.28. The molecule has 1 aromatic heterocycles. The van der Waals surface area contributed by atoms with E-state index < -0.39 is 16.4 Å². The van der Waals surface area contributed by atoms with Gasteiger partial charge in [-0.2, -0.15) is 0 Å². The van der Waals surface area contributed by atoms with E-state index in [9.17, 15) is 19.8 Å². The molecule has 0 aliphatic heterocycles. The molecule has 272 valence electrons. The van der Waals surface area contributed by atoms with E-state index in [2.05, 4.69) is 55.3 Å². The first-order chi connectivity index (χ1) is 23.6. The lowest BCUT2D eigenvalue weighted by Crippen LogP contribution is -2.67. The number of aliphatic hydroxyl groups is 2. The van der Waals surface area contributed by atoms with Gasteiger partial charge in [-0.1, -0.05) is 32.1 Å². The van der Waals surface area contributed by atoms with Crippen LogP contribution in [-0.4, -0.2) is 57.8 Å². The Morgan fingerprint density at radius 3 is 2.18 bits per heavy atom. The second kappa shape index (κ2) is 11.0. The molecular weight excluding hydrogens is 641 g/mol. The predicted octanol–water partition coefficient (Wildman–Crippen LogP) is 8.47. The maximum Gasteiger partial charge on any atom is 0.317 e. The lowest BCUT2D eigenvalue weighted by molar-refractivity contribution is -0.176. The van der Waals surface area contributed by atoms with Crippen molar-refractivity contribution in [2.75, 3.05) is 13.1 Å². The molecule has 6 bridgehead atoms. The molecule has 0 saturated heterocycles. The van der Waals surface area contributed by atoms with Crippen molar-refractivity contribution in [3.8, 4) is 0 Å². The average Bonchev–Trinajstić information content (AvgIpc) is 3.59. The number of nitrogens with one attached hydrogen (secondary N) is 1. The van der Waals surface area contributed by atoms with E-state index in [-0.39, 0.29) is 52.0 Å². The standard InChI is InChI=1S/C43H60N2O4S/c1-26(2)44-37(48)45(24-40-19-28-16-29(20-40)18-30(17-28)21-40)25-42(49)13-10-35-39(42,5)12-9-34-38(4)11-8-31(46)22-41(38)14-15-43(34,35)32(23-41)36(47)33-7-6-27(3)50-33/h6-7,14-15,23,26,28-31,34-35,46,49H,8-13,16-22,24-25H2,1-5H3,(H,44,48)/t28?,29?,30?,31?,34-,35-,38-,39+,40?,41+,42-,43-/m1/s1. The van der Waals surface area contributed by atoms with E-state index >= 15 is 0 Å². The lowest BCUT2D eigenvalue weighted by Gasteiger charge is -2.71. The fourth-order valence-corrected chi connectivity index (χ4v) is 15.9. The zero-order valence-electron chi connectivity index (χ0n) is 31.1. The molecule has 7 heteroatoms. The van der Waals surface area contributed by atoms with E-state index in [0.29, 0.717) is 19.4 Å². The van der Waals surface area contributed by atoms with E-state index in [1.807, 2.05) is 19.9 Å². The number of Topliss-reactive ketones (excluding diaryl/α,β-unsaturated/α-hetero) is 1. The molecule has 2 spiro atoms. The summed E-state index contributed by atoms with van der Waals surface area (Å²) in [6.45, 7) is 12.0. The van der Waals surface area contributed by atoms with E-state index in [1.54, 1.807) is 11.3 Å². The number of carbonyl (C=O) groups excluding carboxylic acids is 2. The Hall–Kier alpha value is -1.96. The SMILES string of the molecule is Cc1ccc(C(=O)C2=C[C@@]34C=C[C@@]25[C@@H]2CC[C@@](O)(CN(CC67CC8CC(CC(C8)C6)C7)C(=O)NC(C)C)[C@@]2(C)CC[C@@H]5[C@@]3(C)CCC(O)C4)s1. The zero-order valence-corrected chi connectivity index (χ0v) is 31.9. The Balaban J connectivity index is 1.10. The number of nitrogens with zero attached hydrogens (tertiary/aromatic N) is 1. The number of aryl methyl sites for hydroxylation is 1. The third-order valence-corrected chi connectivity index (χ3v) is 17.8. The number of amides is 2. The van der Waals surface area contributed by atoms with Gasteiger partial charge in [-0.3, -0.25) is 4.79 Å². The van der Waals surface area contributed by atoms with Crippen molar-refractivity contribution in [2.45, 2.75) is 136 Å². The largest absolute Gasteiger partial charge is 0.393 e. The summed E-state index contributed by atoms with van der Waals surface area (Å²) in [4.78, 5) is 33.0. The number of hydrogen-bond donors (Lipinski definition) is 3. The molecule has 1 heterocycles. The summed E-state index contributed by atoms with van der Waals surface area (Å²) in [5, 5.41) is 27.5. The molecule has 8 atom stereocenters. The highest BCUT2D eigenvalue weighted by atomic mass is 32.1. The van der Waals surface area contributed by atoms with Crippen LogP contribution in [0.2, 0.25) is 0 Å². The Kier molecular flexibility index (Phi) is 7.47. The van der Waals surface area contributed by atoms with Gasteiger partial charge in [-0.05, 0) is 157 Å². The van der Waals surface area contributed by atoms with Crippen LogP contribution in [0.4, 0.5) is 4.79 Å². The van der Waals surface area contributed by atoms with Crippen molar-refractivity contribution in [2.24, 2.45) is 56.7 Å². The quantitative estimate of drug-likeness (QED) is 0.197. The average molecular weight is 701 g/mol. The molecule has 11 rings (SSSR count). The van der Waals surface area contributed by atoms with Gasteiger partial charge < -0.3 is 20.4 Å². The molecule has 2 amide bonds. The Labute approximate surface area is 303 Å². The normalized spacial score (nSPS) is 47.9. The number of hydrogen-bond acceptors (Lipinski definition) is 5. The van der Waals surface area contributed by atoms with Crippen molar-refractivity contribution >= 4 is 23.2 Å². The first-order valence-electron chi connectivity index (χ1n) is 20.1. The van der Waals surface area contributed by atoms with Crippen molar-refractivity contribution in [3.63, 3.8) is 0 Å². The number of carbonyl (C=O) groups is 2. The van der Waals surface area contributed by atoms with E-state index in [0.717, 1.165) is 71.7 Å². The smallest absolute Gasteiger partial charge is 0.317 e. The second-order valence-corrected chi connectivity index (χ2v) is 21.2. The van der Waals surface area contributed by atoms with Gasteiger partial charge in [0, 0.05) is 39.3 Å². The molecule has 0 aromatic carbocycles. The molecular formula is C43H60N2O4S. The summed E-state index contributed by atoms with van der Waals surface area (Å²) in [6, 6.07) is 4.05. The predicted molar refractivity (Wildman–Crippen MR) is 198 cm³/mol. The minimum Gasteiger partial charge on any atom is -0.393 e. The zero-order chi connectivity index (χ0) is 35.1. The summed E-state index contributed by atoms with van der Waals surface area (Å²) >= 11 is 1.58. The first-order valence-corrected chi connectivity index (χ1v) is 21.0. The third-order valence-electron chi connectivity index (χ3n) is 16.8. The second-order valence-electron chi connectivity index (χ2n) is 19.9. The maximum atomic E-state index is 14.8. The van der Waals surface area contributed by atoms with E-state index in [1.165, 1.54) is 38.5 Å². The van der Waals surface area contributed by atoms with Crippen molar-refractivity contribution in [1.29, 1.82) is 0 Å². The van der Waals surface area contributed by atoms with E-state index in [4.69, 9.17) is 0 Å². The summed E-state index contributed by atoms with van der Waals surface area (Å²) in [7, 11) is 0. The number of ketones is 1. The van der Waals surface area contributed by atoms with Gasteiger partial charge in [-0.15, -0.1) is 11.3 Å². The van der Waals surface area contributed by atoms with Crippen LogP contribution in [0.3, 0.4) is 0 Å². The molecule has 7 saturated carbocycles. The summed E-state index contributed by atoms with van der Waals surface area (Å²) < 4.78 is 0. The number of allylic oxidation sites excluding steroid dienone is 4. The molecule has 3 N–H and O–H groups in total. The van der Waals surface area contributed by atoms with Gasteiger partial charge in [-0.25, -0.2) is 4.79 Å². The highest BCUT2D eigenvalue weighted by molar-refractivity contribution is 7.14. The highest BCUT2D eigenvalue weighted by Gasteiger charge is 2.74. The Bertz CT molecular complexity index is 1630. The van der Waals surface area contributed by atoms with Crippen LogP contribution < -0.4 is 5.32 Å². The van der Waals surface area contributed by atoms with Crippen LogP contribution in [0.5, 0.6) is 0 Å². The molecule has 6 nitrogen and oxygen atoms in total. The van der Waals surface area contributed by atoms with Crippen LogP contribution in [0.1, 0.15) is 126 Å². The van der Waals surface area contributed by atoms with Gasteiger partial charge in [0.2, 0.25) is 0 Å². The third kappa shape index (κ3) is 4.56. The van der Waals surface area contributed by atoms with Crippen molar-refractivity contribution in [3.05, 3.63) is 45.7 Å². The Morgan fingerprint density at radius 1 is 0.900 bits per heavy atom. The van der Waals surface area contributed by atoms with Crippen LogP contribution in [0.15, 0.2) is 35.9 Å². The maximum absolute atomic E-state index is 14.8. The van der Waals surface area contributed by atoms with Crippen LogP contribution in [-0.2, 0) is 0 Å². The Morgan fingerprint density at radius 2 is 1.54 bits per heavy atom. The van der Waals surface area contributed by atoms with Crippen LogP contribution in [0, 0.1) is 63.6 Å². The van der Waals surface area contributed by atoms with Gasteiger partial charge in [0.15, 0.2) is 5.78 Å². The number of thiophene rings is 1. The molecule has 1 unspecified atom stereocenters. The number of fused-ring (bicyclic) bond motifs is 1.